The molecule has 0 bridgehead atoms. The molecule has 5 rings (SSSR count). The number of nitrogens with zero attached hydrogens (tertiary/aromatic N) is 6. The number of aromatic nitrogens is 3. The van der Waals surface area contributed by atoms with Crippen LogP contribution in [0.4, 0.5) is 28.0 Å². The zero-order valence-corrected chi connectivity index (χ0v) is 24.4. The van der Waals surface area contributed by atoms with Crippen molar-refractivity contribution in [1.82, 2.24) is 20.1 Å². The number of carbonyl (C=O) groups excluding carboxylic acids is 2. The lowest BCUT2D eigenvalue weighted by molar-refractivity contribution is -0.274. The van der Waals surface area contributed by atoms with Crippen molar-refractivity contribution in [2.45, 2.75) is 32.2 Å². The second-order valence-corrected chi connectivity index (χ2v) is 10.9. The van der Waals surface area contributed by atoms with Crippen LogP contribution >= 0.6 is 11.8 Å². The Labute approximate surface area is 258 Å². The van der Waals surface area contributed by atoms with E-state index in [0.29, 0.717) is 33.9 Å². The van der Waals surface area contributed by atoms with Crippen LogP contribution in [0.15, 0.2) is 78.0 Å². The third kappa shape index (κ3) is 7.29. The first-order chi connectivity index (χ1) is 21.4. The van der Waals surface area contributed by atoms with Crippen LogP contribution < -0.4 is 15.0 Å². The zero-order chi connectivity index (χ0) is 32.3. The standard InChI is InChI=1S/C30H23F4N7O3S/c1-17(2)23-13-20(31)7-12-25(23)41-26(42)15-45-29(41)38-28(43)37-24(14-35)18-3-5-19(6-4-18)27-36-16-40(39-27)21-8-10-22(11-9-21)44-30(32,33)34/h3-13,16-17,24H,15H2,1-2H3,(H,37,43)/b38-29-. The molecule has 3 amide bonds. The predicted octanol–water partition coefficient (Wildman–Crippen LogP) is 6.51. The molecule has 10 nitrogen and oxygen atoms in total. The quantitative estimate of drug-likeness (QED) is 0.229. The first kappa shape index (κ1) is 31.2. The van der Waals surface area contributed by atoms with Gasteiger partial charge in [0.25, 0.3) is 0 Å². The average molecular weight is 638 g/mol. The average Bonchev–Trinajstić information content (AvgIpc) is 3.63. The second kappa shape index (κ2) is 12.8. The molecule has 1 aliphatic rings. The third-order valence-electron chi connectivity index (χ3n) is 6.54. The summed E-state index contributed by atoms with van der Waals surface area (Å²) in [5.41, 5.74) is 2.50. The van der Waals surface area contributed by atoms with Crippen molar-refractivity contribution < 1.29 is 31.9 Å². The van der Waals surface area contributed by atoms with Gasteiger partial charge in [-0.3, -0.25) is 9.69 Å². The van der Waals surface area contributed by atoms with Crippen molar-refractivity contribution >= 4 is 34.6 Å². The van der Waals surface area contributed by atoms with E-state index >= 15 is 0 Å². The Hall–Kier alpha value is -5.23. The minimum absolute atomic E-state index is 0.0474. The van der Waals surface area contributed by atoms with Crippen molar-refractivity contribution in [3.05, 3.63) is 90.0 Å². The largest absolute Gasteiger partial charge is 0.573 e. The smallest absolute Gasteiger partial charge is 0.406 e. The number of hydrogen-bond donors (Lipinski definition) is 1. The lowest BCUT2D eigenvalue weighted by Crippen LogP contribution is -2.33. The van der Waals surface area contributed by atoms with Gasteiger partial charge in [0.2, 0.25) is 5.91 Å². The molecular formula is C30H23F4N7O3S. The Kier molecular flexibility index (Phi) is 8.87. The summed E-state index contributed by atoms with van der Waals surface area (Å²) in [5, 5.41) is 16.8. The van der Waals surface area contributed by atoms with E-state index in [2.05, 4.69) is 25.1 Å². The summed E-state index contributed by atoms with van der Waals surface area (Å²) < 4.78 is 56.4. The maximum Gasteiger partial charge on any atom is 0.573 e. The summed E-state index contributed by atoms with van der Waals surface area (Å²) in [6, 6.07) is 15.8. The number of ether oxygens (including phenoxy) is 1. The molecule has 1 fully saturated rings. The number of halogens is 4. The van der Waals surface area contributed by atoms with Crippen molar-refractivity contribution in [3.8, 4) is 28.9 Å². The minimum Gasteiger partial charge on any atom is -0.406 e. The van der Waals surface area contributed by atoms with E-state index in [9.17, 15) is 32.4 Å². The van der Waals surface area contributed by atoms with E-state index in [1.54, 1.807) is 24.3 Å². The molecule has 0 radical (unpaired) electrons. The first-order valence-electron chi connectivity index (χ1n) is 13.3. The number of rotatable bonds is 7. The van der Waals surface area contributed by atoms with Crippen molar-refractivity contribution in [2.24, 2.45) is 4.99 Å². The highest BCUT2D eigenvalue weighted by molar-refractivity contribution is 8.15. The van der Waals surface area contributed by atoms with Crippen LogP contribution in [0.2, 0.25) is 0 Å². The molecule has 1 unspecified atom stereocenters. The van der Waals surface area contributed by atoms with Gasteiger partial charge in [0.05, 0.1) is 23.2 Å². The summed E-state index contributed by atoms with van der Waals surface area (Å²) in [6.45, 7) is 3.72. The van der Waals surface area contributed by atoms with E-state index in [0.717, 1.165) is 23.9 Å². The van der Waals surface area contributed by atoms with Crippen molar-refractivity contribution in [1.29, 1.82) is 5.26 Å². The fraction of sp³-hybridized carbons (Fsp3) is 0.200. The van der Waals surface area contributed by atoms with Crippen LogP contribution in [0, 0.1) is 17.1 Å². The number of aliphatic imine (C=N–C) groups is 1. The molecule has 0 aliphatic carbocycles. The normalized spacial score (nSPS) is 14.9. The van der Waals surface area contributed by atoms with Crippen LogP contribution in [0.3, 0.4) is 0 Å². The molecule has 1 atom stereocenters. The van der Waals surface area contributed by atoms with Gasteiger partial charge in [0, 0.05) is 5.56 Å². The maximum absolute atomic E-state index is 13.9. The van der Waals surface area contributed by atoms with Gasteiger partial charge in [-0.15, -0.1) is 18.3 Å². The fourth-order valence-electron chi connectivity index (χ4n) is 4.45. The second-order valence-electron chi connectivity index (χ2n) is 9.96. The molecular weight excluding hydrogens is 614 g/mol. The highest BCUT2D eigenvalue weighted by Gasteiger charge is 2.33. The number of amides is 3. The number of hydrogen-bond acceptors (Lipinski definition) is 7. The lowest BCUT2D eigenvalue weighted by atomic mass is 10.0. The summed E-state index contributed by atoms with van der Waals surface area (Å²) in [6.07, 6.45) is -3.40. The Bertz CT molecular complexity index is 1800. The van der Waals surface area contributed by atoms with Crippen LogP contribution in [0.1, 0.15) is 36.9 Å². The SMILES string of the molecule is CC(C)c1cc(F)ccc1N1C(=O)CS/C1=N\C(=O)NC(C#N)c1ccc(-c2ncn(-c3ccc(OC(F)(F)F)cc3)n2)cc1. The van der Waals surface area contributed by atoms with E-state index in [-0.39, 0.29) is 28.5 Å². The predicted molar refractivity (Wildman–Crippen MR) is 158 cm³/mol. The van der Waals surface area contributed by atoms with Crippen LogP contribution in [0.25, 0.3) is 17.1 Å². The number of benzene rings is 3. The molecule has 15 heteroatoms. The molecule has 3 aromatic carbocycles. The van der Waals surface area contributed by atoms with E-state index in [1.807, 2.05) is 19.9 Å². The number of nitriles is 1. The summed E-state index contributed by atoms with van der Waals surface area (Å²) in [5.74, 6) is -0.868. The van der Waals surface area contributed by atoms with Gasteiger partial charge >= 0.3 is 12.4 Å². The van der Waals surface area contributed by atoms with Gasteiger partial charge in [-0.1, -0.05) is 49.9 Å². The maximum atomic E-state index is 13.9. The van der Waals surface area contributed by atoms with Gasteiger partial charge < -0.3 is 10.1 Å². The Morgan fingerprint density at radius 2 is 1.82 bits per heavy atom. The van der Waals surface area contributed by atoms with Gasteiger partial charge in [-0.25, -0.2) is 18.9 Å². The lowest BCUT2D eigenvalue weighted by Gasteiger charge is -2.21. The molecule has 1 saturated heterocycles. The number of nitrogens with one attached hydrogen (secondary N) is 1. The van der Waals surface area contributed by atoms with Crippen LogP contribution in [-0.4, -0.2) is 44.0 Å². The monoisotopic (exact) mass is 637 g/mol. The Morgan fingerprint density at radius 3 is 2.47 bits per heavy atom. The molecule has 0 spiro atoms. The number of alkyl halides is 3. The number of amidine groups is 1. The van der Waals surface area contributed by atoms with Gasteiger partial charge in [-0.2, -0.15) is 10.3 Å². The fourth-order valence-corrected chi connectivity index (χ4v) is 5.31. The highest BCUT2D eigenvalue weighted by Crippen LogP contribution is 2.34. The summed E-state index contributed by atoms with van der Waals surface area (Å²) in [4.78, 5) is 35.1. The van der Waals surface area contributed by atoms with E-state index in [4.69, 9.17) is 0 Å². The molecule has 4 aromatic rings. The van der Waals surface area contributed by atoms with Crippen molar-refractivity contribution in [3.63, 3.8) is 0 Å². The number of urea groups is 1. The number of thioether (sulfide) groups is 1. The Balaban J connectivity index is 1.28. The van der Waals surface area contributed by atoms with Crippen molar-refractivity contribution in [2.75, 3.05) is 10.7 Å². The van der Waals surface area contributed by atoms with Gasteiger partial charge in [0.1, 0.15) is 23.9 Å². The third-order valence-corrected chi connectivity index (χ3v) is 7.46. The molecule has 1 N–H and O–H groups in total. The molecule has 45 heavy (non-hydrogen) atoms. The molecule has 1 aromatic heterocycles. The molecule has 0 saturated carbocycles. The zero-order valence-electron chi connectivity index (χ0n) is 23.6. The summed E-state index contributed by atoms with van der Waals surface area (Å²) in [7, 11) is 0. The molecule has 2 heterocycles. The van der Waals surface area contributed by atoms with Gasteiger partial charge in [-0.05, 0) is 59.5 Å². The Morgan fingerprint density at radius 1 is 1.11 bits per heavy atom. The molecule has 1 aliphatic heterocycles. The molecule has 230 valence electrons. The topological polar surface area (TPSA) is 126 Å². The summed E-state index contributed by atoms with van der Waals surface area (Å²) >= 11 is 1.06. The van der Waals surface area contributed by atoms with E-state index in [1.165, 1.54) is 46.2 Å². The number of carbonyl (C=O) groups is 2. The van der Waals surface area contributed by atoms with Gasteiger partial charge in [0.15, 0.2) is 11.0 Å². The number of anilines is 1. The van der Waals surface area contributed by atoms with E-state index < -0.39 is 24.3 Å². The highest BCUT2D eigenvalue weighted by atomic mass is 32.2. The van der Waals surface area contributed by atoms with Crippen LogP contribution in [-0.2, 0) is 4.79 Å². The van der Waals surface area contributed by atoms with Crippen LogP contribution in [0.5, 0.6) is 5.75 Å². The minimum atomic E-state index is -4.80. The first-order valence-corrected chi connectivity index (χ1v) is 14.3.